The monoisotopic (exact) mass is 253 g/mol. The Morgan fingerprint density at radius 1 is 0.944 bits per heavy atom. The zero-order valence-corrected chi connectivity index (χ0v) is 10.1. The molecule has 0 atom stereocenters. The largest absolute Gasteiger partial charge is 0.353 e. The molecule has 0 fully saturated rings. The number of benzene rings is 2. The third-order valence-corrected chi connectivity index (χ3v) is 2.63. The van der Waals surface area contributed by atoms with Gasteiger partial charge in [0.1, 0.15) is 12.1 Å². The Hall–Kier alpha value is -2.49. The minimum atomic E-state index is 0.425. The van der Waals surface area contributed by atoms with Gasteiger partial charge < -0.3 is 5.32 Å². The van der Waals surface area contributed by atoms with E-state index in [1.807, 2.05) is 6.07 Å². The van der Waals surface area contributed by atoms with Crippen molar-refractivity contribution >= 4 is 23.0 Å². The van der Waals surface area contributed by atoms with E-state index >= 15 is 0 Å². The fourth-order valence-corrected chi connectivity index (χ4v) is 1.77. The molecule has 0 radical (unpaired) electrons. The van der Waals surface area contributed by atoms with Crippen LogP contribution in [0, 0.1) is 22.7 Å². The van der Waals surface area contributed by atoms with Gasteiger partial charge in [0.05, 0.1) is 16.8 Å². The third kappa shape index (κ3) is 2.43. The number of anilines is 2. The molecule has 0 aliphatic heterocycles. The molecule has 3 nitrogen and oxygen atoms in total. The molecule has 0 unspecified atom stereocenters. The van der Waals surface area contributed by atoms with Crippen LogP contribution in [0.3, 0.4) is 0 Å². The van der Waals surface area contributed by atoms with Crippen LogP contribution in [-0.2, 0) is 0 Å². The molecule has 86 valence electrons. The van der Waals surface area contributed by atoms with Crippen LogP contribution in [0.2, 0.25) is 5.02 Å². The summed E-state index contributed by atoms with van der Waals surface area (Å²) < 4.78 is 0. The van der Waals surface area contributed by atoms with Gasteiger partial charge in [-0.3, -0.25) is 0 Å². The van der Waals surface area contributed by atoms with Gasteiger partial charge in [-0.15, -0.1) is 0 Å². The first kappa shape index (κ1) is 12.0. The number of nitrogens with one attached hydrogen (secondary N) is 1. The highest BCUT2D eigenvalue weighted by molar-refractivity contribution is 6.30. The molecule has 2 aromatic carbocycles. The topological polar surface area (TPSA) is 59.6 Å². The number of rotatable bonds is 2. The Labute approximate surface area is 110 Å². The third-order valence-electron chi connectivity index (χ3n) is 2.40. The van der Waals surface area contributed by atoms with Crippen molar-refractivity contribution in [1.82, 2.24) is 0 Å². The Morgan fingerprint density at radius 3 is 2.11 bits per heavy atom. The molecule has 0 spiro atoms. The Kier molecular flexibility index (Phi) is 3.48. The molecule has 0 aliphatic rings. The average molecular weight is 254 g/mol. The van der Waals surface area contributed by atoms with E-state index in [1.54, 1.807) is 36.4 Å². The first-order valence-corrected chi connectivity index (χ1v) is 5.58. The van der Waals surface area contributed by atoms with Crippen LogP contribution in [0.5, 0.6) is 0 Å². The van der Waals surface area contributed by atoms with Gasteiger partial charge in [0.15, 0.2) is 0 Å². The summed E-state index contributed by atoms with van der Waals surface area (Å²) in [5, 5.41) is 21.7. The molecule has 0 saturated carbocycles. The van der Waals surface area contributed by atoms with E-state index in [0.717, 1.165) is 5.69 Å². The second kappa shape index (κ2) is 5.23. The smallest absolute Gasteiger partial charge is 0.101 e. The molecule has 0 amide bonds. The lowest BCUT2D eigenvalue weighted by Crippen LogP contribution is -1.96. The maximum atomic E-state index is 9.05. The first-order valence-electron chi connectivity index (χ1n) is 5.20. The lowest BCUT2D eigenvalue weighted by molar-refractivity contribution is 1.42. The zero-order valence-electron chi connectivity index (χ0n) is 9.31. The number of para-hydroxylation sites is 1. The normalized spacial score (nSPS) is 9.28. The second-order valence-corrected chi connectivity index (χ2v) is 4.02. The van der Waals surface area contributed by atoms with Gasteiger partial charge in [0, 0.05) is 10.7 Å². The van der Waals surface area contributed by atoms with E-state index < -0.39 is 0 Å². The standard InChI is InChI=1S/C14H8ClN3/c15-12-5-2-6-13(7-12)18-14-10(8-16)3-1-4-11(14)9-17/h1-7,18H. The van der Waals surface area contributed by atoms with Crippen LogP contribution in [0.1, 0.15) is 11.1 Å². The SMILES string of the molecule is N#Cc1cccc(C#N)c1Nc1cccc(Cl)c1. The summed E-state index contributed by atoms with van der Waals surface area (Å²) in [6.45, 7) is 0. The molecule has 18 heavy (non-hydrogen) atoms. The summed E-state index contributed by atoms with van der Waals surface area (Å²) in [4.78, 5) is 0. The van der Waals surface area contributed by atoms with Crippen molar-refractivity contribution in [3.8, 4) is 12.1 Å². The second-order valence-electron chi connectivity index (χ2n) is 3.59. The zero-order chi connectivity index (χ0) is 13.0. The van der Waals surface area contributed by atoms with Crippen molar-refractivity contribution in [2.45, 2.75) is 0 Å². The highest BCUT2D eigenvalue weighted by Gasteiger charge is 2.08. The van der Waals surface area contributed by atoms with Gasteiger partial charge in [-0.05, 0) is 30.3 Å². The van der Waals surface area contributed by atoms with Gasteiger partial charge in [-0.25, -0.2) is 0 Å². The van der Waals surface area contributed by atoms with E-state index in [-0.39, 0.29) is 0 Å². The Bertz CT molecular complexity index is 633. The quantitative estimate of drug-likeness (QED) is 0.885. The predicted octanol–water partition coefficient (Wildman–Crippen LogP) is 3.83. The summed E-state index contributed by atoms with van der Waals surface area (Å²) in [7, 11) is 0. The molecule has 2 rings (SSSR count). The maximum Gasteiger partial charge on any atom is 0.101 e. The van der Waals surface area contributed by atoms with Crippen LogP contribution in [0.15, 0.2) is 42.5 Å². The van der Waals surface area contributed by atoms with E-state index in [4.69, 9.17) is 22.1 Å². The lowest BCUT2D eigenvalue weighted by Gasteiger charge is -2.10. The van der Waals surface area contributed by atoms with E-state index in [2.05, 4.69) is 17.5 Å². The summed E-state index contributed by atoms with van der Waals surface area (Å²) in [6.07, 6.45) is 0. The molecule has 0 heterocycles. The molecular formula is C14H8ClN3. The summed E-state index contributed by atoms with van der Waals surface area (Å²) >= 11 is 5.89. The lowest BCUT2D eigenvalue weighted by atomic mass is 10.1. The van der Waals surface area contributed by atoms with Crippen LogP contribution in [0.25, 0.3) is 0 Å². The number of nitrogens with zero attached hydrogens (tertiary/aromatic N) is 2. The highest BCUT2D eigenvalue weighted by Crippen LogP contribution is 2.25. The molecule has 0 bridgehead atoms. The van der Waals surface area contributed by atoms with Crippen LogP contribution < -0.4 is 5.32 Å². The van der Waals surface area contributed by atoms with Crippen molar-refractivity contribution in [3.05, 3.63) is 58.6 Å². The molecule has 0 aromatic heterocycles. The molecule has 0 aliphatic carbocycles. The summed E-state index contributed by atoms with van der Waals surface area (Å²) in [5.74, 6) is 0. The van der Waals surface area contributed by atoms with Crippen LogP contribution in [-0.4, -0.2) is 0 Å². The van der Waals surface area contributed by atoms with Gasteiger partial charge in [0.25, 0.3) is 0 Å². The van der Waals surface area contributed by atoms with Gasteiger partial charge in [0.2, 0.25) is 0 Å². The van der Waals surface area contributed by atoms with Gasteiger partial charge in [-0.1, -0.05) is 23.7 Å². The van der Waals surface area contributed by atoms with Crippen molar-refractivity contribution in [2.75, 3.05) is 5.32 Å². The van der Waals surface area contributed by atoms with Crippen molar-refractivity contribution < 1.29 is 0 Å². The molecule has 2 aromatic rings. The fraction of sp³-hybridized carbons (Fsp3) is 0. The highest BCUT2D eigenvalue weighted by atomic mass is 35.5. The Morgan fingerprint density at radius 2 is 1.56 bits per heavy atom. The van der Waals surface area contributed by atoms with Gasteiger partial charge in [-0.2, -0.15) is 10.5 Å². The molecule has 0 saturated heterocycles. The van der Waals surface area contributed by atoms with Crippen molar-refractivity contribution in [2.24, 2.45) is 0 Å². The van der Waals surface area contributed by atoms with E-state index in [9.17, 15) is 0 Å². The summed E-state index contributed by atoms with van der Waals surface area (Å²) in [6, 6.07) is 16.2. The molecule has 1 N–H and O–H groups in total. The Balaban J connectivity index is 2.46. The minimum Gasteiger partial charge on any atom is -0.353 e. The summed E-state index contributed by atoms with van der Waals surface area (Å²) in [5.41, 5.74) is 2.09. The fourth-order valence-electron chi connectivity index (χ4n) is 1.58. The first-order chi connectivity index (χ1) is 8.74. The maximum absolute atomic E-state index is 9.05. The van der Waals surface area contributed by atoms with E-state index in [1.165, 1.54) is 0 Å². The number of hydrogen-bond donors (Lipinski definition) is 1. The van der Waals surface area contributed by atoms with Crippen LogP contribution >= 0.6 is 11.6 Å². The van der Waals surface area contributed by atoms with E-state index in [0.29, 0.717) is 21.8 Å². The number of hydrogen-bond acceptors (Lipinski definition) is 3. The molecular weight excluding hydrogens is 246 g/mol. The minimum absolute atomic E-state index is 0.425. The number of halogens is 1. The predicted molar refractivity (Wildman–Crippen MR) is 70.6 cm³/mol. The average Bonchev–Trinajstić information content (AvgIpc) is 2.39. The van der Waals surface area contributed by atoms with Crippen molar-refractivity contribution in [1.29, 1.82) is 10.5 Å². The van der Waals surface area contributed by atoms with Crippen LogP contribution in [0.4, 0.5) is 11.4 Å². The van der Waals surface area contributed by atoms with Gasteiger partial charge >= 0.3 is 0 Å². The van der Waals surface area contributed by atoms with Crippen molar-refractivity contribution in [3.63, 3.8) is 0 Å². The number of nitriles is 2. The molecule has 4 heteroatoms.